The van der Waals surface area contributed by atoms with Crippen LogP contribution in [0, 0.1) is 5.41 Å². The molecule has 0 spiro atoms. The van der Waals surface area contributed by atoms with E-state index in [1.165, 1.54) is 0 Å². The molecule has 2 fully saturated rings. The first-order chi connectivity index (χ1) is 12.7. The molecule has 0 unspecified atom stereocenters. The molecule has 1 heterocycles. The lowest BCUT2D eigenvalue weighted by molar-refractivity contribution is -0.144. The predicted octanol–water partition coefficient (Wildman–Crippen LogP) is 1.26. The lowest BCUT2D eigenvalue weighted by atomic mass is 10.0. The van der Waals surface area contributed by atoms with E-state index in [1.807, 2.05) is 37.3 Å². The van der Waals surface area contributed by atoms with Gasteiger partial charge in [0.15, 0.2) is 0 Å². The Morgan fingerprint density at radius 3 is 2.50 bits per heavy atom. The SMILES string of the molecule is CCN(Cc1ccccc1)C(=O)C1(C(=O)NCCN2CCOCC2)CC1. The van der Waals surface area contributed by atoms with E-state index in [0.29, 0.717) is 32.5 Å². The lowest BCUT2D eigenvalue weighted by Crippen LogP contribution is -2.47. The van der Waals surface area contributed by atoms with Gasteiger partial charge in [-0.2, -0.15) is 0 Å². The maximum Gasteiger partial charge on any atom is 0.238 e. The molecule has 1 aromatic carbocycles. The molecular formula is C20H29N3O3. The summed E-state index contributed by atoms with van der Waals surface area (Å²) in [4.78, 5) is 29.8. The molecular weight excluding hydrogens is 330 g/mol. The van der Waals surface area contributed by atoms with Crippen LogP contribution in [-0.4, -0.2) is 67.6 Å². The Kier molecular flexibility index (Phi) is 6.27. The van der Waals surface area contributed by atoms with Gasteiger partial charge in [0.05, 0.1) is 13.2 Å². The Bertz CT molecular complexity index is 610. The average Bonchev–Trinajstić information content (AvgIpc) is 3.49. The molecule has 2 aliphatic rings. The molecule has 6 nitrogen and oxygen atoms in total. The van der Waals surface area contributed by atoms with Gasteiger partial charge in [0.25, 0.3) is 0 Å². The summed E-state index contributed by atoms with van der Waals surface area (Å²) in [6.45, 7) is 7.83. The highest BCUT2D eigenvalue weighted by molar-refractivity contribution is 6.07. The van der Waals surface area contributed by atoms with Crippen LogP contribution >= 0.6 is 0 Å². The Hall–Kier alpha value is -1.92. The van der Waals surface area contributed by atoms with Crippen LogP contribution in [0.1, 0.15) is 25.3 Å². The Morgan fingerprint density at radius 2 is 1.88 bits per heavy atom. The topological polar surface area (TPSA) is 61.9 Å². The number of ether oxygens (including phenoxy) is 1. The smallest absolute Gasteiger partial charge is 0.238 e. The van der Waals surface area contributed by atoms with Crippen molar-refractivity contribution in [3.63, 3.8) is 0 Å². The first kappa shape index (κ1) is 18.9. The van der Waals surface area contributed by atoms with Crippen molar-refractivity contribution < 1.29 is 14.3 Å². The van der Waals surface area contributed by atoms with E-state index in [0.717, 1.165) is 38.4 Å². The first-order valence-corrected chi connectivity index (χ1v) is 9.57. The average molecular weight is 359 g/mol. The molecule has 6 heteroatoms. The van der Waals surface area contributed by atoms with Gasteiger partial charge in [0, 0.05) is 39.3 Å². The molecule has 1 aliphatic carbocycles. The van der Waals surface area contributed by atoms with Crippen LogP contribution in [-0.2, 0) is 20.9 Å². The van der Waals surface area contributed by atoms with E-state index >= 15 is 0 Å². The third-order valence-electron chi connectivity index (χ3n) is 5.30. The molecule has 26 heavy (non-hydrogen) atoms. The molecule has 0 bridgehead atoms. The van der Waals surface area contributed by atoms with Gasteiger partial charge in [-0.15, -0.1) is 0 Å². The van der Waals surface area contributed by atoms with E-state index in [-0.39, 0.29) is 11.8 Å². The van der Waals surface area contributed by atoms with Gasteiger partial charge >= 0.3 is 0 Å². The second-order valence-electron chi connectivity index (χ2n) is 7.10. The van der Waals surface area contributed by atoms with Crippen molar-refractivity contribution in [2.45, 2.75) is 26.3 Å². The number of carbonyl (C=O) groups excluding carboxylic acids is 2. The van der Waals surface area contributed by atoms with Crippen LogP contribution in [0.15, 0.2) is 30.3 Å². The van der Waals surface area contributed by atoms with E-state index in [2.05, 4.69) is 10.2 Å². The molecule has 0 aromatic heterocycles. The zero-order chi connectivity index (χ0) is 18.4. The zero-order valence-electron chi connectivity index (χ0n) is 15.6. The van der Waals surface area contributed by atoms with Crippen LogP contribution < -0.4 is 5.32 Å². The first-order valence-electron chi connectivity index (χ1n) is 9.57. The molecule has 1 N–H and O–H groups in total. The Balaban J connectivity index is 1.52. The van der Waals surface area contributed by atoms with Crippen LogP contribution in [0.3, 0.4) is 0 Å². The standard InChI is InChI=1S/C20H29N3O3/c1-2-23(16-17-6-4-3-5-7-17)19(25)20(8-9-20)18(24)21-10-11-22-12-14-26-15-13-22/h3-7H,2,8-16H2,1H3,(H,21,24). The van der Waals surface area contributed by atoms with Crippen molar-refractivity contribution >= 4 is 11.8 Å². The predicted molar refractivity (Wildman–Crippen MR) is 99.5 cm³/mol. The van der Waals surface area contributed by atoms with E-state index in [1.54, 1.807) is 4.90 Å². The summed E-state index contributed by atoms with van der Waals surface area (Å²) in [7, 11) is 0. The van der Waals surface area contributed by atoms with Gasteiger partial charge in [-0.1, -0.05) is 30.3 Å². The third-order valence-corrected chi connectivity index (χ3v) is 5.30. The highest BCUT2D eigenvalue weighted by Crippen LogP contribution is 2.47. The van der Waals surface area contributed by atoms with Crippen molar-refractivity contribution in [3.05, 3.63) is 35.9 Å². The normalized spacial score (nSPS) is 19.0. The summed E-state index contributed by atoms with van der Waals surface area (Å²) in [6.07, 6.45) is 1.31. The number of rotatable bonds is 8. The number of morpholine rings is 1. The fourth-order valence-electron chi connectivity index (χ4n) is 3.42. The van der Waals surface area contributed by atoms with Crippen LogP contribution in [0.5, 0.6) is 0 Å². The van der Waals surface area contributed by atoms with Gasteiger partial charge in [-0.3, -0.25) is 14.5 Å². The molecule has 1 aromatic rings. The Morgan fingerprint density at radius 1 is 1.19 bits per heavy atom. The molecule has 1 aliphatic heterocycles. The summed E-state index contributed by atoms with van der Waals surface area (Å²) in [5, 5.41) is 2.99. The van der Waals surface area contributed by atoms with Crippen molar-refractivity contribution in [3.8, 4) is 0 Å². The van der Waals surface area contributed by atoms with Crippen molar-refractivity contribution in [1.29, 1.82) is 0 Å². The summed E-state index contributed by atoms with van der Waals surface area (Å²) in [5.74, 6) is -0.144. The number of nitrogens with one attached hydrogen (secondary N) is 1. The molecule has 142 valence electrons. The van der Waals surface area contributed by atoms with E-state index in [4.69, 9.17) is 4.74 Å². The monoisotopic (exact) mass is 359 g/mol. The van der Waals surface area contributed by atoms with Crippen LogP contribution in [0.25, 0.3) is 0 Å². The van der Waals surface area contributed by atoms with Crippen molar-refractivity contribution in [2.75, 3.05) is 45.9 Å². The van der Waals surface area contributed by atoms with Crippen LogP contribution in [0.4, 0.5) is 0 Å². The van der Waals surface area contributed by atoms with E-state index in [9.17, 15) is 9.59 Å². The minimum Gasteiger partial charge on any atom is -0.379 e. The number of nitrogens with zero attached hydrogens (tertiary/aromatic N) is 2. The highest BCUT2D eigenvalue weighted by Gasteiger charge is 2.57. The quantitative estimate of drug-likeness (QED) is 0.710. The largest absolute Gasteiger partial charge is 0.379 e. The van der Waals surface area contributed by atoms with Crippen LogP contribution in [0.2, 0.25) is 0 Å². The maximum absolute atomic E-state index is 13.0. The molecule has 3 rings (SSSR count). The molecule has 0 radical (unpaired) electrons. The number of amides is 2. The van der Waals surface area contributed by atoms with Gasteiger partial charge in [0.1, 0.15) is 5.41 Å². The highest BCUT2D eigenvalue weighted by atomic mass is 16.5. The van der Waals surface area contributed by atoms with E-state index < -0.39 is 5.41 Å². The number of hydrogen-bond donors (Lipinski definition) is 1. The summed E-state index contributed by atoms with van der Waals surface area (Å²) < 4.78 is 5.33. The fourth-order valence-corrected chi connectivity index (χ4v) is 3.42. The molecule has 2 amide bonds. The van der Waals surface area contributed by atoms with Crippen molar-refractivity contribution in [2.24, 2.45) is 5.41 Å². The van der Waals surface area contributed by atoms with Gasteiger partial charge < -0.3 is 15.0 Å². The van der Waals surface area contributed by atoms with Gasteiger partial charge in [-0.05, 0) is 25.3 Å². The summed E-state index contributed by atoms with van der Waals surface area (Å²) in [6, 6.07) is 9.93. The molecule has 0 atom stereocenters. The third kappa shape index (κ3) is 4.43. The minimum absolute atomic E-state index is 0.0345. The van der Waals surface area contributed by atoms with Gasteiger partial charge in [-0.25, -0.2) is 0 Å². The maximum atomic E-state index is 13.0. The Labute approximate surface area is 155 Å². The number of hydrogen-bond acceptors (Lipinski definition) is 4. The number of benzene rings is 1. The molecule has 1 saturated heterocycles. The van der Waals surface area contributed by atoms with Crippen molar-refractivity contribution in [1.82, 2.24) is 15.1 Å². The second kappa shape index (κ2) is 8.64. The zero-order valence-corrected chi connectivity index (χ0v) is 15.6. The second-order valence-corrected chi connectivity index (χ2v) is 7.10. The summed E-state index contributed by atoms with van der Waals surface area (Å²) >= 11 is 0. The van der Waals surface area contributed by atoms with Gasteiger partial charge in [0.2, 0.25) is 11.8 Å². The lowest BCUT2D eigenvalue weighted by Gasteiger charge is -2.28. The minimum atomic E-state index is -0.838. The number of carbonyl (C=O) groups is 2. The fraction of sp³-hybridized carbons (Fsp3) is 0.600. The molecule has 1 saturated carbocycles. The summed E-state index contributed by atoms with van der Waals surface area (Å²) in [5.41, 5.74) is 0.252.